The van der Waals surface area contributed by atoms with E-state index >= 15 is 0 Å². The van der Waals surface area contributed by atoms with E-state index in [1.165, 1.54) is 36.4 Å². The van der Waals surface area contributed by atoms with Gasteiger partial charge in [0, 0.05) is 24.5 Å². The summed E-state index contributed by atoms with van der Waals surface area (Å²) in [6, 6.07) is 9.91. The molecule has 0 atom stereocenters. The molecule has 126 valence electrons. The van der Waals surface area contributed by atoms with Gasteiger partial charge in [0.2, 0.25) is 0 Å². The zero-order valence-corrected chi connectivity index (χ0v) is 12.6. The van der Waals surface area contributed by atoms with Crippen molar-refractivity contribution in [1.29, 1.82) is 0 Å². The first-order valence-electron chi connectivity index (χ1n) is 7.14. The Bertz CT molecular complexity index is 663. The summed E-state index contributed by atoms with van der Waals surface area (Å²) < 4.78 is 25.9. The molecule has 4 amide bonds. The summed E-state index contributed by atoms with van der Waals surface area (Å²) in [6.07, 6.45) is 0. The number of amides is 4. The predicted molar refractivity (Wildman–Crippen MR) is 86.8 cm³/mol. The standard InChI is InChI=1S/C16H16F2N4O2/c17-11-3-1-5-13(9-11)21-15(23)19-7-8-20-16(24)22-14-6-2-4-12(18)10-14/h1-6,9-10H,7-8H2,(H2,19,21,23)(H2,20,22,24). The topological polar surface area (TPSA) is 82.3 Å². The lowest BCUT2D eigenvalue weighted by atomic mass is 10.3. The number of halogens is 2. The van der Waals surface area contributed by atoms with E-state index in [4.69, 9.17) is 0 Å². The summed E-state index contributed by atoms with van der Waals surface area (Å²) in [6.45, 7) is 0.329. The Morgan fingerprint density at radius 2 is 1.17 bits per heavy atom. The van der Waals surface area contributed by atoms with Gasteiger partial charge in [-0.25, -0.2) is 18.4 Å². The lowest BCUT2D eigenvalue weighted by Gasteiger charge is -2.09. The molecule has 0 spiro atoms. The second kappa shape index (κ2) is 8.47. The molecule has 24 heavy (non-hydrogen) atoms. The van der Waals surface area contributed by atoms with Gasteiger partial charge >= 0.3 is 12.1 Å². The molecule has 2 aromatic carbocycles. The van der Waals surface area contributed by atoms with Crippen LogP contribution in [0.25, 0.3) is 0 Å². The van der Waals surface area contributed by atoms with Crippen LogP contribution in [0.15, 0.2) is 48.5 Å². The molecule has 0 aliphatic heterocycles. The lowest BCUT2D eigenvalue weighted by molar-refractivity contribution is 0.248. The molecule has 0 bridgehead atoms. The molecule has 0 unspecified atom stereocenters. The number of carbonyl (C=O) groups excluding carboxylic acids is 2. The number of benzene rings is 2. The second-order valence-corrected chi connectivity index (χ2v) is 4.78. The van der Waals surface area contributed by atoms with Crippen molar-refractivity contribution in [1.82, 2.24) is 10.6 Å². The van der Waals surface area contributed by atoms with Crippen molar-refractivity contribution in [2.75, 3.05) is 23.7 Å². The number of anilines is 2. The predicted octanol–water partition coefficient (Wildman–Crippen LogP) is 2.91. The zero-order valence-electron chi connectivity index (χ0n) is 12.6. The normalized spacial score (nSPS) is 9.92. The molecule has 8 heteroatoms. The van der Waals surface area contributed by atoms with Crippen molar-refractivity contribution in [3.05, 3.63) is 60.2 Å². The summed E-state index contributed by atoms with van der Waals surface area (Å²) in [5.41, 5.74) is 0.647. The Hall–Kier alpha value is -3.16. The van der Waals surface area contributed by atoms with Gasteiger partial charge in [-0.3, -0.25) is 0 Å². The van der Waals surface area contributed by atoms with Crippen molar-refractivity contribution >= 4 is 23.4 Å². The maximum atomic E-state index is 13.0. The smallest absolute Gasteiger partial charge is 0.319 e. The average Bonchev–Trinajstić information content (AvgIpc) is 2.51. The SMILES string of the molecule is O=C(NCCNC(=O)Nc1cccc(F)c1)Nc1cccc(F)c1. The minimum Gasteiger partial charge on any atom is -0.336 e. The molecule has 4 N–H and O–H groups in total. The van der Waals surface area contributed by atoms with Gasteiger partial charge in [-0.2, -0.15) is 0 Å². The summed E-state index contributed by atoms with van der Waals surface area (Å²) in [4.78, 5) is 23.2. The van der Waals surface area contributed by atoms with Crippen LogP contribution in [0.5, 0.6) is 0 Å². The molecule has 0 aliphatic rings. The van der Waals surface area contributed by atoms with Crippen LogP contribution in [0.3, 0.4) is 0 Å². The number of rotatable bonds is 5. The third-order valence-electron chi connectivity index (χ3n) is 2.86. The lowest BCUT2D eigenvalue weighted by Crippen LogP contribution is -2.38. The van der Waals surface area contributed by atoms with Crippen molar-refractivity contribution < 1.29 is 18.4 Å². The van der Waals surface area contributed by atoms with Crippen LogP contribution in [0.4, 0.5) is 29.7 Å². The minimum absolute atomic E-state index is 0.164. The van der Waals surface area contributed by atoms with Crippen LogP contribution in [-0.4, -0.2) is 25.2 Å². The van der Waals surface area contributed by atoms with Crippen LogP contribution in [0, 0.1) is 11.6 Å². The number of hydrogen-bond acceptors (Lipinski definition) is 2. The summed E-state index contributed by atoms with van der Waals surface area (Å²) in [5.74, 6) is -0.910. The molecule has 0 aromatic heterocycles. The van der Waals surface area contributed by atoms with E-state index in [0.29, 0.717) is 11.4 Å². The van der Waals surface area contributed by atoms with Gasteiger partial charge in [0.1, 0.15) is 11.6 Å². The molecule has 2 rings (SSSR count). The van der Waals surface area contributed by atoms with E-state index in [2.05, 4.69) is 21.3 Å². The Morgan fingerprint density at radius 3 is 1.54 bits per heavy atom. The highest BCUT2D eigenvalue weighted by molar-refractivity contribution is 5.90. The van der Waals surface area contributed by atoms with Gasteiger partial charge in [-0.05, 0) is 36.4 Å². The Morgan fingerprint density at radius 1 is 0.750 bits per heavy atom. The quantitative estimate of drug-likeness (QED) is 0.634. The van der Waals surface area contributed by atoms with Crippen molar-refractivity contribution in [3.63, 3.8) is 0 Å². The van der Waals surface area contributed by atoms with Gasteiger partial charge in [-0.15, -0.1) is 0 Å². The molecule has 6 nitrogen and oxygen atoms in total. The van der Waals surface area contributed by atoms with Gasteiger partial charge in [0.15, 0.2) is 0 Å². The zero-order chi connectivity index (χ0) is 17.4. The van der Waals surface area contributed by atoms with E-state index in [0.717, 1.165) is 0 Å². The van der Waals surface area contributed by atoms with Crippen LogP contribution in [0.2, 0.25) is 0 Å². The highest BCUT2D eigenvalue weighted by Gasteiger charge is 2.04. The number of hydrogen-bond donors (Lipinski definition) is 4. The highest BCUT2D eigenvalue weighted by Crippen LogP contribution is 2.09. The molecule has 0 saturated heterocycles. The first-order valence-corrected chi connectivity index (χ1v) is 7.14. The fourth-order valence-electron chi connectivity index (χ4n) is 1.84. The largest absolute Gasteiger partial charge is 0.336 e. The Kier molecular flexibility index (Phi) is 6.07. The number of nitrogens with one attached hydrogen (secondary N) is 4. The van der Waals surface area contributed by atoms with Gasteiger partial charge in [0.05, 0.1) is 0 Å². The van der Waals surface area contributed by atoms with E-state index in [-0.39, 0.29) is 13.1 Å². The minimum atomic E-state index is -0.520. The van der Waals surface area contributed by atoms with Crippen LogP contribution >= 0.6 is 0 Å². The third-order valence-corrected chi connectivity index (χ3v) is 2.86. The molecular weight excluding hydrogens is 318 g/mol. The maximum absolute atomic E-state index is 13.0. The van der Waals surface area contributed by atoms with E-state index < -0.39 is 23.7 Å². The molecular formula is C16H16F2N4O2. The summed E-state index contributed by atoms with van der Waals surface area (Å²) in [7, 11) is 0. The number of carbonyl (C=O) groups is 2. The molecule has 0 heterocycles. The average molecular weight is 334 g/mol. The Labute approximate surface area is 137 Å². The third kappa shape index (κ3) is 5.91. The first-order chi connectivity index (χ1) is 11.5. The van der Waals surface area contributed by atoms with Crippen LogP contribution in [-0.2, 0) is 0 Å². The van der Waals surface area contributed by atoms with Gasteiger partial charge in [0.25, 0.3) is 0 Å². The van der Waals surface area contributed by atoms with E-state index in [9.17, 15) is 18.4 Å². The second-order valence-electron chi connectivity index (χ2n) is 4.78. The summed E-state index contributed by atoms with van der Waals surface area (Å²) in [5, 5.41) is 9.92. The summed E-state index contributed by atoms with van der Waals surface area (Å²) >= 11 is 0. The maximum Gasteiger partial charge on any atom is 0.319 e. The van der Waals surface area contributed by atoms with Crippen molar-refractivity contribution in [2.45, 2.75) is 0 Å². The van der Waals surface area contributed by atoms with Gasteiger partial charge in [-0.1, -0.05) is 12.1 Å². The highest BCUT2D eigenvalue weighted by atomic mass is 19.1. The van der Waals surface area contributed by atoms with E-state index in [1.807, 2.05) is 0 Å². The van der Waals surface area contributed by atoms with Gasteiger partial charge < -0.3 is 21.3 Å². The fourth-order valence-corrected chi connectivity index (χ4v) is 1.84. The molecule has 0 fully saturated rings. The van der Waals surface area contributed by atoms with Crippen LogP contribution in [0.1, 0.15) is 0 Å². The van der Waals surface area contributed by atoms with Crippen molar-refractivity contribution in [3.8, 4) is 0 Å². The van der Waals surface area contributed by atoms with Crippen LogP contribution < -0.4 is 21.3 Å². The molecule has 0 saturated carbocycles. The van der Waals surface area contributed by atoms with E-state index in [1.54, 1.807) is 12.1 Å². The molecule has 2 aromatic rings. The number of urea groups is 2. The monoisotopic (exact) mass is 334 g/mol. The first kappa shape index (κ1) is 17.2. The molecule has 0 aliphatic carbocycles. The fraction of sp³-hybridized carbons (Fsp3) is 0.125. The van der Waals surface area contributed by atoms with Crippen molar-refractivity contribution in [2.24, 2.45) is 0 Å². The molecule has 0 radical (unpaired) electrons. The Balaban J connectivity index is 1.65.